The maximum atomic E-state index is 12.6. The van der Waals surface area contributed by atoms with Crippen LogP contribution in [0.3, 0.4) is 0 Å². The Morgan fingerprint density at radius 3 is 2.55 bits per heavy atom. The zero-order valence-corrected chi connectivity index (χ0v) is 12.9. The predicted octanol–water partition coefficient (Wildman–Crippen LogP) is 2.54. The van der Waals surface area contributed by atoms with Crippen LogP contribution < -0.4 is 5.73 Å². The summed E-state index contributed by atoms with van der Waals surface area (Å²) in [5, 5.41) is 9.55. The zero-order valence-electron chi connectivity index (χ0n) is 12.9. The van der Waals surface area contributed by atoms with E-state index in [-0.39, 0.29) is 17.1 Å². The SMILES string of the molecule is CCCN(CC(C)(C)CN)C(=O)c1ccc(O)c(C)c1. The van der Waals surface area contributed by atoms with Crippen molar-refractivity contribution in [1.82, 2.24) is 4.90 Å². The Bertz CT molecular complexity index is 470. The first-order valence-electron chi connectivity index (χ1n) is 7.09. The van der Waals surface area contributed by atoms with Gasteiger partial charge in [0, 0.05) is 18.7 Å². The molecule has 1 aromatic carbocycles. The van der Waals surface area contributed by atoms with Crippen LogP contribution in [0.2, 0.25) is 0 Å². The maximum absolute atomic E-state index is 12.6. The van der Waals surface area contributed by atoms with Crippen LogP contribution in [0.1, 0.15) is 43.1 Å². The summed E-state index contributed by atoms with van der Waals surface area (Å²) >= 11 is 0. The number of nitrogens with two attached hydrogens (primary N) is 1. The van der Waals surface area contributed by atoms with Crippen molar-refractivity contribution >= 4 is 5.91 Å². The molecule has 1 amide bonds. The lowest BCUT2D eigenvalue weighted by Crippen LogP contribution is -2.42. The van der Waals surface area contributed by atoms with Gasteiger partial charge in [-0.05, 0) is 49.1 Å². The topological polar surface area (TPSA) is 66.6 Å². The Hall–Kier alpha value is -1.55. The lowest BCUT2D eigenvalue weighted by molar-refractivity contribution is 0.0689. The van der Waals surface area contributed by atoms with Crippen molar-refractivity contribution in [2.24, 2.45) is 11.1 Å². The summed E-state index contributed by atoms with van der Waals surface area (Å²) in [5.74, 6) is 0.211. The molecule has 0 heterocycles. The van der Waals surface area contributed by atoms with Crippen molar-refractivity contribution in [3.63, 3.8) is 0 Å². The minimum atomic E-state index is -0.100. The largest absolute Gasteiger partial charge is 0.508 e. The van der Waals surface area contributed by atoms with Crippen LogP contribution in [0.15, 0.2) is 18.2 Å². The molecule has 1 aromatic rings. The summed E-state index contributed by atoms with van der Waals surface area (Å²) in [6, 6.07) is 4.97. The lowest BCUT2D eigenvalue weighted by Gasteiger charge is -2.32. The number of aryl methyl sites for hydroxylation is 1. The van der Waals surface area contributed by atoms with Crippen molar-refractivity contribution < 1.29 is 9.90 Å². The van der Waals surface area contributed by atoms with Gasteiger partial charge < -0.3 is 15.7 Å². The highest BCUT2D eigenvalue weighted by molar-refractivity contribution is 5.94. The standard InChI is InChI=1S/C16H26N2O2/c1-5-8-18(11-16(3,4)10-17)15(20)13-6-7-14(19)12(2)9-13/h6-7,9,19H,5,8,10-11,17H2,1-4H3. The summed E-state index contributed by atoms with van der Waals surface area (Å²) in [4.78, 5) is 14.4. The molecule has 0 aliphatic heterocycles. The molecule has 1 rings (SSSR count). The molecule has 3 N–H and O–H groups in total. The molecule has 0 atom stereocenters. The average molecular weight is 278 g/mol. The van der Waals surface area contributed by atoms with Gasteiger partial charge >= 0.3 is 0 Å². The number of hydrogen-bond acceptors (Lipinski definition) is 3. The number of rotatable bonds is 6. The summed E-state index contributed by atoms with van der Waals surface area (Å²) in [5.41, 5.74) is 6.99. The van der Waals surface area contributed by atoms with Crippen LogP contribution in [-0.2, 0) is 0 Å². The van der Waals surface area contributed by atoms with E-state index in [0.717, 1.165) is 6.42 Å². The third-order valence-electron chi connectivity index (χ3n) is 3.40. The van der Waals surface area contributed by atoms with E-state index in [1.165, 1.54) is 0 Å². The second-order valence-corrected chi connectivity index (χ2v) is 6.10. The molecule has 0 bridgehead atoms. The molecular formula is C16H26N2O2. The molecule has 4 heteroatoms. The molecule has 0 aliphatic carbocycles. The fraction of sp³-hybridized carbons (Fsp3) is 0.562. The molecular weight excluding hydrogens is 252 g/mol. The van der Waals surface area contributed by atoms with E-state index in [2.05, 4.69) is 20.8 Å². The van der Waals surface area contributed by atoms with Gasteiger partial charge in [-0.15, -0.1) is 0 Å². The first-order valence-corrected chi connectivity index (χ1v) is 7.09. The zero-order chi connectivity index (χ0) is 15.3. The first kappa shape index (κ1) is 16.5. The van der Waals surface area contributed by atoms with Crippen LogP contribution in [0.5, 0.6) is 5.75 Å². The van der Waals surface area contributed by atoms with Crippen LogP contribution >= 0.6 is 0 Å². The summed E-state index contributed by atoms with van der Waals surface area (Å²) < 4.78 is 0. The van der Waals surface area contributed by atoms with E-state index < -0.39 is 0 Å². The van der Waals surface area contributed by atoms with E-state index in [1.807, 2.05) is 4.90 Å². The second kappa shape index (κ2) is 6.75. The third kappa shape index (κ3) is 4.23. The van der Waals surface area contributed by atoms with Crippen molar-refractivity contribution in [2.75, 3.05) is 19.6 Å². The van der Waals surface area contributed by atoms with Gasteiger partial charge in [-0.25, -0.2) is 0 Å². The van der Waals surface area contributed by atoms with E-state index in [4.69, 9.17) is 5.73 Å². The van der Waals surface area contributed by atoms with Crippen molar-refractivity contribution in [3.05, 3.63) is 29.3 Å². The number of amides is 1. The highest BCUT2D eigenvalue weighted by Crippen LogP contribution is 2.21. The molecule has 4 nitrogen and oxygen atoms in total. The molecule has 0 radical (unpaired) electrons. The molecule has 0 fully saturated rings. The molecule has 20 heavy (non-hydrogen) atoms. The van der Waals surface area contributed by atoms with Gasteiger partial charge in [-0.2, -0.15) is 0 Å². The lowest BCUT2D eigenvalue weighted by atomic mass is 9.92. The Labute approximate surface area is 121 Å². The average Bonchev–Trinajstić information content (AvgIpc) is 2.40. The summed E-state index contributed by atoms with van der Waals surface area (Å²) in [7, 11) is 0. The Kier molecular flexibility index (Phi) is 5.57. The number of carbonyl (C=O) groups is 1. The minimum Gasteiger partial charge on any atom is -0.508 e. The summed E-state index contributed by atoms with van der Waals surface area (Å²) in [6.07, 6.45) is 0.906. The fourth-order valence-corrected chi connectivity index (χ4v) is 2.07. The van der Waals surface area contributed by atoms with Gasteiger partial charge in [0.05, 0.1) is 0 Å². The number of aromatic hydroxyl groups is 1. The molecule has 0 aromatic heterocycles. The Morgan fingerprint density at radius 2 is 2.05 bits per heavy atom. The number of nitrogens with zero attached hydrogens (tertiary/aromatic N) is 1. The molecule has 0 spiro atoms. The van der Waals surface area contributed by atoms with E-state index in [1.54, 1.807) is 25.1 Å². The van der Waals surface area contributed by atoms with Crippen molar-refractivity contribution in [2.45, 2.75) is 34.1 Å². The fourth-order valence-electron chi connectivity index (χ4n) is 2.07. The van der Waals surface area contributed by atoms with Crippen molar-refractivity contribution in [1.29, 1.82) is 0 Å². The molecule has 112 valence electrons. The van der Waals surface area contributed by atoms with Gasteiger partial charge in [-0.1, -0.05) is 20.8 Å². The highest BCUT2D eigenvalue weighted by Gasteiger charge is 2.24. The number of phenolic OH excluding ortho intramolecular Hbond substituents is 1. The van der Waals surface area contributed by atoms with E-state index in [0.29, 0.717) is 30.8 Å². The van der Waals surface area contributed by atoms with Gasteiger partial charge in [-0.3, -0.25) is 4.79 Å². The Morgan fingerprint density at radius 1 is 1.40 bits per heavy atom. The quantitative estimate of drug-likeness (QED) is 0.840. The number of hydrogen-bond donors (Lipinski definition) is 2. The maximum Gasteiger partial charge on any atom is 0.253 e. The predicted molar refractivity (Wildman–Crippen MR) is 81.9 cm³/mol. The third-order valence-corrected chi connectivity index (χ3v) is 3.40. The van der Waals surface area contributed by atoms with E-state index in [9.17, 15) is 9.90 Å². The van der Waals surface area contributed by atoms with Crippen LogP contribution in [0.25, 0.3) is 0 Å². The highest BCUT2D eigenvalue weighted by atomic mass is 16.3. The number of carbonyl (C=O) groups excluding carboxylic acids is 1. The van der Waals surface area contributed by atoms with Crippen LogP contribution in [0.4, 0.5) is 0 Å². The van der Waals surface area contributed by atoms with E-state index >= 15 is 0 Å². The first-order chi connectivity index (χ1) is 9.30. The van der Waals surface area contributed by atoms with Gasteiger partial charge in [0.1, 0.15) is 5.75 Å². The number of benzene rings is 1. The molecule has 0 saturated carbocycles. The second-order valence-electron chi connectivity index (χ2n) is 6.10. The molecule has 0 saturated heterocycles. The van der Waals surface area contributed by atoms with Gasteiger partial charge in [0.15, 0.2) is 0 Å². The monoisotopic (exact) mass is 278 g/mol. The number of phenols is 1. The van der Waals surface area contributed by atoms with Gasteiger partial charge in [0.25, 0.3) is 5.91 Å². The normalized spacial score (nSPS) is 11.4. The smallest absolute Gasteiger partial charge is 0.253 e. The van der Waals surface area contributed by atoms with Crippen LogP contribution in [0, 0.1) is 12.3 Å². The van der Waals surface area contributed by atoms with Crippen LogP contribution in [-0.4, -0.2) is 35.5 Å². The van der Waals surface area contributed by atoms with Gasteiger partial charge in [0.2, 0.25) is 0 Å². The molecule has 0 unspecified atom stereocenters. The Balaban J connectivity index is 2.96. The molecule has 0 aliphatic rings. The van der Waals surface area contributed by atoms with Crippen molar-refractivity contribution in [3.8, 4) is 5.75 Å². The summed E-state index contributed by atoms with van der Waals surface area (Å²) in [6.45, 7) is 9.85. The minimum absolute atomic E-state index is 0.00326.